The van der Waals surface area contributed by atoms with Gasteiger partial charge in [0.1, 0.15) is 5.75 Å². The van der Waals surface area contributed by atoms with E-state index in [1.54, 1.807) is 32.4 Å². The van der Waals surface area contributed by atoms with Crippen LogP contribution in [0.1, 0.15) is 23.2 Å². The Morgan fingerprint density at radius 1 is 1.40 bits per heavy atom. The molecule has 0 N–H and O–H groups in total. The van der Waals surface area contributed by atoms with Crippen LogP contribution in [0.5, 0.6) is 5.75 Å². The fourth-order valence-electron chi connectivity index (χ4n) is 2.15. The third-order valence-corrected chi connectivity index (χ3v) is 3.76. The van der Waals surface area contributed by atoms with Crippen molar-refractivity contribution in [3.8, 4) is 5.75 Å². The van der Waals surface area contributed by atoms with Gasteiger partial charge in [0.15, 0.2) is 5.78 Å². The first-order chi connectivity index (χ1) is 9.65. The van der Waals surface area contributed by atoms with E-state index in [1.165, 1.54) is 12.8 Å². The number of ketones is 1. The lowest BCUT2D eigenvalue weighted by molar-refractivity contribution is 0.0886. The quantitative estimate of drug-likeness (QED) is 0.692. The van der Waals surface area contributed by atoms with Gasteiger partial charge in [-0.3, -0.25) is 9.69 Å². The van der Waals surface area contributed by atoms with Crippen LogP contribution in [0.4, 0.5) is 0 Å². The summed E-state index contributed by atoms with van der Waals surface area (Å²) < 4.78 is 10.2. The number of halogens is 1. The summed E-state index contributed by atoms with van der Waals surface area (Å²) in [6.07, 6.45) is 2.33. The third-order valence-electron chi connectivity index (χ3n) is 3.47. The molecule has 1 aliphatic rings. The summed E-state index contributed by atoms with van der Waals surface area (Å²) in [4.78, 5) is 14.5. The topological polar surface area (TPSA) is 38.8 Å². The molecule has 20 heavy (non-hydrogen) atoms. The molecule has 0 spiro atoms. The first kappa shape index (κ1) is 15.3. The Kier molecular flexibility index (Phi) is 5.40. The highest BCUT2D eigenvalue weighted by Crippen LogP contribution is 2.28. The Labute approximate surface area is 124 Å². The zero-order chi connectivity index (χ0) is 14.5. The lowest BCUT2D eigenvalue weighted by Gasteiger charge is -2.20. The first-order valence-corrected chi connectivity index (χ1v) is 7.13. The average Bonchev–Trinajstić information content (AvgIpc) is 3.27. The van der Waals surface area contributed by atoms with Crippen molar-refractivity contribution in [3.05, 3.63) is 28.8 Å². The fraction of sp³-hybridized carbons (Fsp3) is 0.533. The van der Waals surface area contributed by atoms with E-state index in [0.29, 0.717) is 35.5 Å². The van der Waals surface area contributed by atoms with Gasteiger partial charge in [0.25, 0.3) is 0 Å². The van der Waals surface area contributed by atoms with Crippen molar-refractivity contribution in [3.63, 3.8) is 0 Å². The number of ether oxygens (including phenoxy) is 2. The van der Waals surface area contributed by atoms with Crippen molar-refractivity contribution in [1.29, 1.82) is 0 Å². The molecule has 5 heteroatoms. The number of rotatable bonds is 8. The Morgan fingerprint density at radius 2 is 2.15 bits per heavy atom. The van der Waals surface area contributed by atoms with Crippen LogP contribution < -0.4 is 4.74 Å². The van der Waals surface area contributed by atoms with Gasteiger partial charge in [-0.1, -0.05) is 11.6 Å². The Morgan fingerprint density at radius 3 is 2.70 bits per heavy atom. The van der Waals surface area contributed by atoms with E-state index in [0.717, 1.165) is 6.54 Å². The van der Waals surface area contributed by atoms with Gasteiger partial charge in [-0.2, -0.15) is 0 Å². The summed E-state index contributed by atoms with van der Waals surface area (Å²) in [6.45, 7) is 1.85. The van der Waals surface area contributed by atoms with E-state index in [9.17, 15) is 4.79 Å². The number of hydrogen-bond acceptors (Lipinski definition) is 4. The van der Waals surface area contributed by atoms with E-state index in [1.807, 2.05) is 0 Å². The average molecular weight is 298 g/mol. The molecule has 1 aromatic carbocycles. The molecule has 0 saturated heterocycles. The van der Waals surface area contributed by atoms with Crippen molar-refractivity contribution < 1.29 is 14.3 Å². The number of hydrogen-bond donors (Lipinski definition) is 0. The maximum Gasteiger partial charge on any atom is 0.176 e. The van der Waals surface area contributed by atoms with Crippen LogP contribution in [-0.4, -0.2) is 50.6 Å². The summed E-state index contributed by atoms with van der Waals surface area (Å²) in [6, 6.07) is 5.69. The molecule has 0 aromatic heterocycles. The van der Waals surface area contributed by atoms with Crippen molar-refractivity contribution in [2.24, 2.45) is 0 Å². The highest BCUT2D eigenvalue weighted by Gasteiger charge is 2.30. The summed E-state index contributed by atoms with van der Waals surface area (Å²) in [5.74, 6) is 0.666. The Bertz CT molecular complexity index is 474. The summed E-state index contributed by atoms with van der Waals surface area (Å²) in [5, 5.41) is 0.466. The monoisotopic (exact) mass is 297 g/mol. The molecule has 1 aliphatic carbocycles. The van der Waals surface area contributed by atoms with Gasteiger partial charge >= 0.3 is 0 Å². The second-order valence-electron chi connectivity index (χ2n) is 4.97. The molecular weight excluding hydrogens is 278 g/mol. The second-order valence-corrected chi connectivity index (χ2v) is 5.37. The van der Waals surface area contributed by atoms with Crippen LogP contribution in [-0.2, 0) is 4.74 Å². The number of benzene rings is 1. The van der Waals surface area contributed by atoms with E-state index in [2.05, 4.69) is 4.90 Å². The lowest BCUT2D eigenvalue weighted by Crippen LogP contribution is -2.34. The zero-order valence-corrected chi connectivity index (χ0v) is 12.7. The zero-order valence-electron chi connectivity index (χ0n) is 11.9. The predicted octanol–water partition coefficient (Wildman–Crippen LogP) is 2.64. The smallest absolute Gasteiger partial charge is 0.176 e. The van der Waals surface area contributed by atoms with E-state index < -0.39 is 0 Å². The van der Waals surface area contributed by atoms with E-state index >= 15 is 0 Å². The van der Waals surface area contributed by atoms with Crippen LogP contribution in [0.25, 0.3) is 0 Å². The largest absolute Gasteiger partial charge is 0.495 e. The second kappa shape index (κ2) is 7.07. The lowest BCUT2D eigenvalue weighted by atomic mass is 10.1. The van der Waals surface area contributed by atoms with E-state index in [-0.39, 0.29) is 5.78 Å². The van der Waals surface area contributed by atoms with Gasteiger partial charge in [0, 0.05) is 25.3 Å². The highest BCUT2D eigenvalue weighted by atomic mass is 35.5. The minimum absolute atomic E-state index is 0.0811. The summed E-state index contributed by atoms with van der Waals surface area (Å²) >= 11 is 6.06. The molecule has 0 radical (unpaired) electrons. The molecule has 2 rings (SSSR count). The van der Waals surface area contributed by atoms with Gasteiger partial charge in [-0.05, 0) is 31.0 Å². The van der Waals surface area contributed by atoms with Crippen molar-refractivity contribution in [2.75, 3.05) is 33.9 Å². The maximum atomic E-state index is 12.3. The molecule has 4 nitrogen and oxygen atoms in total. The van der Waals surface area contributed by atoms with Gasteiger partial charge in [0.05, 0.1) is 25.3 Å². The van der Waals surface area contributed by atoms with Crippen molar-refractivity contribution >= 4 is 17.4 Å². The number of carbonyl (C=O) groups excluding carboxylic acids is 1. The molecule has 0 aliphatic heterocycles. The molecule has 110 valence electrons. The Balaban J connectivity index is 2.00. The molecule has 0 heterocycles. The Hall–Kier alpha value is -1.10. The van der Waals surface area contributed by atoms with Crippen LogP contribution in [0.3, 0.4) is 0 Å². The number of carbonyl (C=O) groups is 1. The first-order valence-electron chi connectivity index (χ1n) is 6.75. The van der Waals surface area contributed by atoms with Crippen molar-refractivity contribution in [2.45, 2.75) is 18.9 Å². The molecule has 0 amide bonds. The van der Waals surface area contributed by atoms with Gasteiger partial charge < -0.3 is 9.47 Å². The van der Waals surface area contributed by atoms with Crippen LogP contribution >= 0.6 is 11.6 Å². The summed E-state index contributed by atoms with van der Waals surface area (Å²) in [7, 11) is 3.23. The molecular formula is C15H20ClNO3. The van der Waals surface area contributed by atoms with Crippen molar-refractivity contribution in [1.82, 2.24) is 4.90 Å². The van der Waals surface area contributed by atoms with Crippen LogP contribution in [0, 0.1) is 0 Å². The van der Waals surface area contributed by atoms with Gasteiger partial charge in [-0.15, -0.1) is 0 Å². The predicted molar refractivity (Wildman–Crippen MR) is 78.8 cm³/mol. The number of Topliss-reactive ketones (excluding diaryl/α,β-unsaturated/α-hetero) is 1. The highest BCUT2D eigenvalue weighted by molar-refractivity contribution is 6.32. The molecule has 0 atom stereocenters. The van der Waals surface area contributed by atoms with Gasteiger partial charge in [-0.25, -0.2) is 0 Å². The molecule has 0 unspecified atom stereocenters. The third kappa shape index (κ3) is 3.95. The fourth-order valence-corrected chi connectivity index (χ4v) is 2.41. The van der Waals surface area contributed by atoms with Crippen LogP contribution in [0.15, 0.2) is 18.2 Å². The molecule has 1 fully saturated rings. The molecule has 0 bridgehead atoms. The summed E-state index contributed by atoms with van der Waals surface area (Å²) in [5.41, 5.74) is 0.624. The number of methoxy groups -OCH3 is 2. The maximum absolute atomic E-state index is 12.3. The number of nitrogens with zero attached hydrogens (tertiary/aromatic N) is 1. The molecule has 1 aromatic rings. The van der Waals surface area contributed by atoms with Crippen LogP contribution in [0.2, 0.25) is 5.02 Å². The minimum atomic E-state index is 0.0811. The minimum Gasteiger partial charge on any atom is -0.495 e. The SMILES string of the molecule is COCCN(CC(=O)c1ccc(OC)c(Cl)c1)C1CC1. The normalized spacial score (nSPS) is 14.6. The van der Waals surface area contributed by atoms with Gasteiger partial charge in [0.2, 0.25) is 0 Å². The molecule has 1 saturated carbocycles. The standard InChI is InChI=1S/C15H20ClNO3/c1-19-8-7-17(12-4-5-12)10-14(18)11-3-6-15(20-2)13(16)9-11/h3,6,9,12H,4-5,7-8,10H2,1-2H3. The van der Waals surface area contributed by atoms with E-state index in [4.69, 9.17) is 21.1 Å².